The molecule has 2 amide bonds. The predicted octanol–water partition coefficient (Wildman–Crippen LogP) is 9.05. The number of aryl methyl sites for hydroxylation is 2. The van der Waals surface area contributed by atoms with Gasteiger partial charge < -0.3 is 38.6 Å². The number of benzene rings is 4. The molecule has 0 bridgehead atoms. The minimum Gasteiger partial charge on any atom is -0.508 e. The van der Waals surface area contributed by atoms with E-state index in [0.717, 1.165) is 53.5 Å². The van der Waals surface area contributed by atoms with Gasteiger partial charge in [0.05, 0.1) is 17.4 Å². The molecule has 374 valence electrons. The number of nitrogens with zero attached hydrogens (tertiary/aromatic N) is 7. The number of ether oxygens (including phenoxy) is 5. The number of rotatable bonds is 15. The molecule has 5 aliphatic heterocycles. The Labute approximate surface area is 415 Å². The Kier molecular flexibility index (Phi) is 14.9. The monoisotopic (exact) mass is 989 g/mol. The van der Waals surface area contributed by atoms with E-state index in [0.29, 0.717) is 42.9 Å². The molecule has 1 saturated heterocycles. The number of phenolic OH excluding ortho intramolecular Hbond substituents is 1. The van der Waals surface area contributed by atoms with Crippen LogP contribution in [0.5, 0.6) is 23.0 Å². The second-order valence-corrected chi connectivity index (χ2v) is 33.0. The highest BCUT2D eigenvalue weighted by molar-refractivity contribution is 6.76. The quantitative estimate of drug-likeness (QED) is 0.0901. The van der Waals surface area contributed by atoms with Gasteiger partial charge in [-0.15, -0.1) is 0 Å². The van der Waals surface area contributed by atoms with Crippen molar-refractivity contribution in [1.82, 2.24) is 14.9 Å². The molecule has 0 spiro atoms. The summed E-state index contributed by atoms with van der Waals surface area (Å²) < 4.78 is 30.2. The Morgan fingerprint density at radius 1 is 0.686 bits per heavy atom. The third kappa shape index (κ3) is 11.4. The van der Waals surface area contributed by atoms with Crippen molar-refractivity contribution >= 4 is 51.0 Å². The molecular formula is C53H71N7O8Si2. The van der Waals surface area contributed by atoms with E-state index >= 15 is 0 Å². The van der Waals surface area contributed by atoms with Crippen LogP contribution in [0.4, 0.5) is 11.4 Å². The number of carbonyl (C=O) groups is 2. The highest BCUT2D eigenvalue weighted by Gasteiger charge is 2.46. The minimum atomic E-state index is -1.22. The normalized spacial score (nSPS) is 19.6. The lowest BCUT2D eigenvalue weighted by Crippen LogP contribution is -2.64. The standard InChI is InChI=1S/C35H44N4O4Si.C18H27N3O4Si/c1-25-19-31-29(39-26(2)34(40)38(36-32(39)21-42-31)24-41-17-18-44(4,5)6)20-30(25)43-35(3)22-37(23-35)33(27-13-9-7-10-14-27)28-15-11-8-12-16-28;1-12-8-16-14(9-15(12)22)21-13(2)18(23)20(19-17(21)10-25-16)11-24-6-7-26(3,4)5/h7-16,19-20,26,33H,17-18,21-24H2,1-6H3;8-9,13,22H,6-7,10-11H2,1-5H3. The summed E-state index contributed by atoms with van der Waals surface area (Å²) in [5, 5.41) is 21.9. The van der Waals surface area contributed by atoms with E-state index in [1.807, 2.05) is 49.6 Å². The van der Waals surface area contributed by atoms with Crippen molar-refractivity contribution in [1.29, 1.82) is 0 Å². The van der Waals surface area contributed by atoms with Gasteiger partial charge in [-0.25, -0.2) is 10.0 Å². The van der Waals surface area contributed by atoms with Crippen LogP contribution in [-0.2, 0) is 19.1 Å². The molecule has 4 aromatic rings. The first kappa shape index (κ1) is 50.7. The van der Waals surface area contributed by atoms with Gasteiger partial charge >= 0.3 is 0 Å². The van der Waals surface area contributed by atoms with Gasteiger partial charge in [-0.1, -0.05) is 99.9 Å². The maximum atomic E-state index is 13.4. The predicted molar refractivity (Wildman–Crippen MR) is 281 cm³/mol. The van der Waals surface area contributed by atoms with Crippen molar-refractivity contribution in [3.05, 3.63) is 107 Å². The van der Waals surface area contributed by atoms with E-state index in [4.69, 9.17) is 23.7 Å². The van der Waals surface area contributed by atoms with Gasteiger partial charge in [-0.05, 0) is 81.1 Å². The maximum absolute atomic E-state index is 13.4. The number of amides is 2. The number of likely N-dealkylation sites (tertiary alicyclic amines) is 1. The van der Waals surface area contributed by atoms with Crippen LogP contribution in [0.3, 0.4) is 0 Å². The van der Waals surface area contributed by atoms with Crippen LogP contribution in [0, 0.1) is 13.8 Å². The van der Waals surface area contributed by atoms with Crippen LogP contribution in [0.2, 0.25) is 51.4 Å². The van der Waals surface area contributed by atoms with E-state index in [1.54, 1.807) is 12.1 Å². The largest absolute Gasteiger partial charge is 0.508 e. The van der Waals surface area contributed by atoms with Gasteiger partial charge in [-0.2, -0.15) is 10.2 Å². The third-order valence-electron chi connectivity index (χ3n) is 13.2. The number of phenols is 1. The molecule has 17 heteroatoms. The average Bonchev–Trinajstić information content (AvgIpc) is 3.30. The third-order valence-corrected chi connectivity index (χ3v) is 16.6. The van der Waals surface area contributed by atoms with Crippen molar-refractivity contribution in [2.24, 2.45) is 10.2 Å². The van der Waals surface area contributed by atoms with Crippen molar-refractivity contribution in [2.45, 2.75) is 110 Å². The first-order valence-electron chi connectivity index (χ1n) is 24.5. The van der Waals surface area contributed by atoms with Gasteiger partial charge in [0.2, 0.25) is 0 Å². The van der Waals surface area contributed by atoms with E-state index in [9.17, 15) is 14.7 Å². The zero-order valence-corrected chi connectivity index (χ0v) is 44.8. The van der Waals surface area contributed by atoms with E-state index in [-0.39, 0.29) is 49.3 Å². The summed E-state index contributed by atoms with van der Waals surface area (Å²) in [6.07, 6.45) is 0. The molecule has 0 aromatic heterocycles. The molecular weight excluding hydrogens is 919 g/mol. The fraction of sp³-hybridized carbons (Fsp3) is 0.472. The second-order valence-electron chi connectivity index (χ2n) is 21.7. The van der Waals surface area contributed by atoms with Crippen LogP contribution in [0.25, 0.3) is 0 Å². The lowest BCUT2D eigenvalue weighted by molar-refractivity contribution is -0.139. The first-order valence-corrected chi connectivity index (χ1v) is 31.9. The lowest BCUT2D eigenvalue weighted by atomic mass is 9.88. The van der Waals surface area contributed by atoms with Crippen LogP contribution in [0.1, 0.15) is 49.1 Å². The van der Waals surface area contributed by atoms with Crippen molar-refractivity contribution in [3.63, 3.8) is 0 Å². The van der Waals surface area contributed by atoms with Crippen LogP contribution in [-0.4, -0.2) is 130 Å². The second kappa shape index (κ2) is 20.5. The smallest absolute Gasteiger partial charge is 0.267 e. The number of hydrazone groups is 2. The molecule has 2 atom stereocenters. The molecule has 1 fully saturated rings. The Morgan fingerprint density at radius 2 is 1.13 bits per heavy atom. The molecule has 4 aromatic carbocycles. The summed E-state index contributed by atoms with van der Waals surface area (Å²) in [5.74, 6) is 3.47. The zero-order chi connectivity index (χ0) is 50.1. The molecule has 2 unspecified atom stereocenters. The van der Waals surface area contributed by atoms with Crippen molar-refractivity contribution in [3.8, 4) is 23.0 Å². The number of hydrogen-bond acceptors (Lipinski definition) is 13. The lowest BCUT2D eigenvalue weighted by Gasteiger charge is -2.51. The van der Waals surface area contributed by atoms with Crippen LogP contribution < -0.4 is 24.0 Å². The summed E-state index contributed by atoms with van der Waals surface area (Å²) in [6, 6.07) is 30.1. The molecule has 15 nitrogen and oxygen atoms in total. The Bertz CT molecular complexity index is 2560. The van der Waals surface area contributed by atoms with Gasteiger partial charge in [0, 0.05) is 54.6 Å². The Morgan fingerprint density at radius 3 is 1.59 bits per heavy atom. The number of amidine groups is 2. The Balaban J connectivity index is 0.000000216. The fourth-order valence-corrected chi connectivity index (χ4v) is 10.7. The van der Waals surface area contributed by atoms with Gasteiger partial charge in [0.25, 0.3) is 11.8 Å². The SMILES string of the molecule is Cc1cc2c(cc1O)N1C(=NN(COCC[Si](C)(C)C)C(=O)C1C)CO2.Cc1cc2c(cc1OC1(C)CN(C(c3ccccc3)c3ccccc3)C1)N1C(=NN(COCC[Si](C)(C)C)C(=O)C1C)CO2. The summed E-state index contributed by atoms with van der Waals surface area (Å²) in [5.41, 5.74) is 5.39. The van der Waals surface area contributed by atoms with Gasteiger partial charge in [0.1, 0.15) is 67.4 Å². The molecule has 0 aliphatic carbocycles. The van der Waals surface area contributed by atoms with Crippen molar-refractivity contribution < 1.29 is 38.4 Å². The maximum Gasteiger partial charge on any atom is 0.267 e. The summed E-state index contributed by atoms with van der Waals surface area (Å²) in [6.45, 7) is 27.3. The summed E-state index contributed by atoms with van der Waals surface area (Å²) >= 11 is 0. The molecule has 9 rings (SSSR count). The van der Waals surface area contributed by atoms with E-state index < -0.39 is 28.2 Å². The number of fused-ring (bicyclic) bond motifs is 6. The molecule has 70 heavy (non-hydrogen) atoms. The van der Waals surface area contributed by atoms with Crippen molar-refractivity contribution in [2.75, 3.05) is 62.8 Å². The Hall–Kier alpha value is -5.73. The molecule has 5 aliphatic rings. The average molecular weight is 990 g/mol. The zero-order valence-electron chi connectivity index (χ0n) is 42.8. The number of anilines is 2. The topological polar surface area (TPSA) is 141 Å². The molecule has 5 heterocycles. The molecule has 0 radical (unpaired) electrons. The van der Waals surface area contributed by atoms with Crippen LogP contribution in [0.15, 0.2) is 95.1 Å². The van der Waals surface area contributed by atoms with E-state index in [2.05, 4.69) is 122 Å². The highest BCUT2D eigenvalue weighted by atomic mass is 28.3. The fourth-order valence-electron chi connectivity index (χ4n) is 9.23. The summed E-state index contributed by atoms with van der Waals surface area (Å²) in [7, 11) is -2.38. The van der Waals surface area contributed by atoms with Gasteiger partial charge in [0.15, 0.2) is 11.7 Å². The first-order chi connectivity index (χ1) is 33.2. The minimum absolute atomic E-state index is 0.0906. The number of aromatic hydroxyl groups is 1. The van der Waals surface area contributed by atoms with Gasteiger partial charge in [-0.3, -0.25) is 14.5 Å². The molecule has 1 N–H and O–H groups in total. The number of carbonyl (C=O) groups excluding carboxylic acids is 2. The van der Waals surface area contributed by atoms with E-state index in [1.165, 1.54) is 21.1 Å². The molecule has 0 saturated carbocycles. The summed E-state index contributed by atoms with van der Waals surface area (Å²) in [4.78, 5) is 32.4. The highest BCUT2D eigenvalue weighted by Crippen LogP contribution is 2.44. The van der Waals surface area contributed by atoms with Crippen LogP contribution >= 0.6 is 0 Å². The number of hydrogen-bond donors (Lipinski definition) is 1.